The fraction of sp³-hybridized carbons (Fsp3) is 0.370. The molecule has 1 atom stereocenters. The Hall–Kier alpha value is -4.68. The van der Waals surface area contributed by atoms with Crippen molar-refractivity contribution in [2.75, 3.05) is 19.4 Å². The molecule has 0 radical (unpaired) electrons. The molecule has 1 aromatic carbocycles. The second kappa shape index (κ2) is 12.5. The zero-order valence-corrected chi connectivity index (χ0v) is 22.9. The van der Waals surface area contributed by atoms with E-state index >= 15 is 0 Å². The molecular formula is C27H33FN6O6. The van der Waals surface area contributed by atoms with Gasteiger partial charge in [0.1, 0.15) is 34.5 Å². The van der Waals surface area contributed by atoms with E-state index in [1.54, 1.807) is 26.2 Å². The summed E-state index contributed by atoms with van der Waals surface area (Å²) in [5, 5.41) is 13.8. The normalized spacial score (nSPS) is 12.3. The zero-order chi connectivity index (χ0) is 29.6. The number of anilines is 1. The molecule has 3 rings (SSSR count). The van der Waals surface area contributed by atoms with Crippen molar-refractivity contribution in [1.29, 1.82) is 0 Å². The summed E-state index contributed by atoms with van der Waals surface area (Å²) in [5.41, 5.74) is -0.402. The second-order valence-corrected chi connectivity index (χ2v) is 10.3. The predicted molar refractivity (Wildman–Crippen MR) is 147 cm³/mol. The third-order valence-electron chi connectivity index (χ3n) is 5.52. The molecule has 3 amide bonds. The first-order chi connectivity index (χ1) is 18.7. The lowest BCUT2D eigenvalue weighted by Gasteiger charge is -2.21. The van der Waals surface area contributed by atoms with E-state index in [1.165, 1.54) is 39.9 Å². The van der Waals surface area contributed by atoms with Crippen molar-refractivity contribution in [2.45, 2.75) is 51.8 Å². The quantitative estimate of drug-likeness (QED) is 0.279. The Labute approximate surface area is 229 Å². The number of H-pyrrole nitrogens is 1. The molecule has 3 aromatic rings. The number of ether oxygens (including phenoxy) is 1. The molecular weight excluding hydrogens is 523 g/mol. The van der Waals surface area contributed by atoms with E-state index in [0.29, 0.717) is 16.9 Å². The smallest absolute Gasteiger partial charge is 0.405 e. The number of benzene rings is 1. The summed E-state index contributed by atoms with van der Waals surface area (Å²) in [6.45, 7) is 5.47. The largest absolute Gasteiger partial charge is 0.486 e. The number of rotatable bonds is 10. The average Bonchev–Trinajstić information content (AvgIpc) is 3.24. The first-order valence-electron chi connectivity index (χ1n) is 12.5. The van der Waals surface area contributed by atoms with Gasteiger partial charge in [0.2, 0.25) is 11.8 Å². The molecule has 12 nitrogen and oxygen atoms in total. The summed E-state index contributed by atoms with van der Waals surface area (Å²) in [6, 6.07) is 4.30. The lowest BCUT2D eigenvalue weighted by molar-refractivity contribution is -0.123. The molecule has 0 fully saturated rings. The number of pyridine rings is 1. The van der Waals surface area contributed by atoms with E-state index in [0.717, 1.165) is 0 Å². The number of imidazole rings is 1. The van der Waals surface area contributed by atoms with Gasteiger partial charge in [0, 0.05) is 26.4 Å². The molecule has 0 aliphatic rings. The Kier molecular flexibility index (Phi) is 9.30. The van der Waals surface area contributed by atoms with Crippen LogP contribution in [0.5, 0.6) is 5.75 Å². The van der Waals surface area contributed by atoms with Gasteiger partial charge < -0.3 is 34.9 Å². The minimum Gasteiger partial charge on any atom is -0.486 e. The molecule has 2 heterocycles. The summed E-state index contributed by atoms with van der Waals surface area (Å²) in [6.07, 6.45) is 3.26. The van der Waals surface area contributed by atoms with E-state index in [2.05, 4.69) is 20.6 Å². The standard InChI is InChI=1S/C27H33FN6O6/c1-27(2,3)40-20-14-16(28)13-19-23(20)32-21(29-19)15-34-12-8-10-18(25(34)37)30-24(36)17(31-26(38)39)9-6-7-11-22(35)33(4)5/h7-8,10-14,17,31H,6,9,15H2,1-5H3,(H,29,32)(H,30,36)(H,38,39)/b11-7+. The second-order valence-electron chi connectivity index (χ2n) is 10.3. The number of amides is 3. The Morgan fingerprint density at radius 1 is 1.27 bits per heavy atom. The number of aromatic amines is 1. The highest BCUT2D eigenvalue weighted by atomic mass is 19.1. The van der Waals surface area contributed by atoms with Crippen molar-refractivity contribution in [2.24, 2.45) is 0 Å². The fourth-order valence-electron chi connectivity index (χ4n) is 3.74. The fourth-order valence-corrected chi connectivity index (χ4v) is 3.74. The zero-order valence-electron chi connectivity index (χ0n) is 22.9. The molecule has 4 N–H and O–H groups in total. The van der Waals surface area contributed by atoms with Crippen molar-refractivity contribution >= 4 is 34.6 Å². The van der Waals surface area contributed by atoms with Gasteiger partial charge in [-0.05, 0) is 57.9 Å². The monoisotopic (exact) mass is 556 g/mol. The van der Waals surface area contributed by atoms with Gasteiger partial charge >= 0.3 is 6.09 Å². The van der Waals surface area contributed by atoms with Gasteiger partial charge in [-0.15, -0.1) is 0 Å². The average molecular weight is 557 g/mol. The SMILES string of the molecule is CN(C)C(=O)/C=C/CCC(NC(=O)O)C(=O)Nc1cccn(Cc2nc3c(OC(C)(C)C)cc(F)cc3[nH]2)c1=O. The number of fused-ring (bicyclic) bond motifs is 1. The highest BCUT2D eigenvalue weighted by molar-refractivity contribution is 5.96. The van der Waals surface area contributed by atoms with Crippen LogP contribution >= 0.6 is 0 Å². The van der Waals surface area contributed by atoms with E-state index in [1.807, 2.05) is 20.8 Å². The maximum absolute atomic E-state index is 14.2. The van der Waals surface area contributed by atoms with Crippen molar-refractivity contribution in [1.82, 2.24) is 24.8 Å². The highest BCUT2D eigenvalue weighted by Crippen LogP contribution is 2.28. The van der Waals surface area contributed by atoms with Crippen molar-refractivity contribution in [3.63, 3.8) is 0 Å². The number of carboxylic acid groups (broad SMARTS) is 1. The van der Waals surface area contributed by atoms with Gasteiger partial charge in [-0.2, -0.15) is 0 Å². The number of aromatic nitrogens is 3. The maximum Gasteiger partial charge on any atom is 0.405 e. The third-order valence-corrected chi connectivity index (χ3v) is 5.52. The Morgan fingerprint density at radius 3 is 2.65 bits per heavy atom. The first-order valence-corrected chi connectivity index (χ1v) is 12.5. The van der Waals surface area contributed by atoms with Crippen molar-refractivity contribution < 1.29 is 28.6 Å². The van der Waals surface area contributed by atoms with E-state index in [-0.39, 0.29) is 36.7 Å². The molecule has 0 aliphatic carbocycles. The first kappa shape index (κ1) is 29.9. The molecule has 13 heteroatoms. The number of halogens is 1. The van der Waals surface area contributed by atoms with Gasteiger partial charge in [-0.25, -0.2) is 14.2 Å². The van der Waals surface area contributed by atoms with Crippen LogP contribution in [0.3, 0.4) is 0 Å². The van der Waals surface area contributed by atoms with Crippen molar-refractivity contribution in [3.8, 4) is 5.75 Å². The number of allylic oxidation sites excluding steroid dienone is 1. The summed E-state index contributed by atoms with van der Waals surface area (Å²) in [5.74, 6) is -0.865. The topological polar surface area (TPSA) is 159 Å². The Morgan fingerprint density at radius 2 is 2.00 bits per heavy atom. The van der Waals surface area contributed by atoms with E-state index in [4.69, 9.17) is 9.84 Å². The Bertz CT molecular complexity index is 1490. The molecule has 0 bridgehead atoms. The molecule has 40 heavy (non-hydrogen) atoms. The number of nitrogens with one attached hydrogen (secondary N) is 3. The van der Waals surface area contributed by atoms with Crippen LogP contribution in [-0.2, 0) is 16.1 Å². The number of likely N-dealkylation sites (N-methyl/N-ethyl adjacent to an activating group) is 1. The van der Waals surface area contributed by atoms with Crippen molar-refractivity contribution in [3.05, 3.63) is 64.6 Å². The number of hydrogen-bond donors (Lipinski definition) is 4. The minimum atomic E-state index is -1.41. The van der Waals surface area contributed by atoms with Gasteiger partial charge in [0.25, 0.3) is 5.56 Å². The maximum atomic E-state index is 14.2. The molecule has 0 saturated heterocycles. The molecule has 0 saturated carbocycles. The van der Waals surface area contributed by atoms with Crippen LogP contribution in [0, 0.1) is 5.82 Å². The lowest BCUT2D eigenvalue weighted by atomic mass is 10.1. The summed E-state index contributed by atoms with van der Waals surface area (Å²) in [4.78, 5) is 57.7. The van der Waals surface area contributed by atoms with Gasteiger partial charge in [-0.1, -0.05) is 6.08 Å². The molecule has 0 spiro atoms. The predicted octanol–water partition coefficient (Wildman–Crippen LogP) is 3.09. The number of hydrogen-bond acceptors (Lipinski definition) is 6. The molecule has 0 aliphatic heterocycles. The molecule has 2 aromatic heterocycles. The molecule has 1 unspecified atom stereocenters. The van der Waals surface area contributed by atoms with Crippen LogP contribution in [0.1, 0.15) is 39.4 Å². The van der Waals surface area contributed by atoms with Gasteiger partial charge in [0.15, 0.2) is 5.75 Å². The number of nitrogens with zero attached hydrogens (tertiary/aromatic N) is 3. The van der Waals surface area contributed by atoms with E-state index < -0.39 is 35.0 Å². The van der Waals surface area contributed by atoms with Crippen LogP contribution in [0.2, 0.25) is 0 Å². The van der Waals surface area contributed by atoms with Crippen LogP contribution < -0.4 is 20.9 Å². The molecule has 214 valence electrons. The number of carbonyl (C=O) groups excluding carboxylic acids is 2. The lowest BCUT2D eigenvalue weighted by Crippen LogP contribution is -2.44. The van der Waals surface area contributed by atoms with Crippen LogP contribution in [0.25, 0.3) is 11.0 Å². The van der Waals surface area contributed by atoms with Gasteiger partial charge in [0.05, 0.1) is 12.1 Å². The highest BCUT2D eigenvalue weighted by Gasteiger charge is 2.22. The van der Waals surface area contributed by atoms with Crippen LogP contribution in [-0.4, -0.2) is 68.2 Å². The van der Waals surface area contributed by atoms with Crippen LogP contribution in [0.4, 0.5) is 14.9 Å². The van der Waals surface area contributed by atoms with Gasteiger partial charge in [-0.3, -0.25) is 14.4 Å². The summed E-state index contributed by atoms with van der Waals surface area (Å²) in [7, 11) is 3.18. The minimum absolute atomic E-state index is 0.0185. The van der Waals surface area contributed by atoms with Crippen LogP contribution in [0.15, 0.2) is 47.4 Å². The summed E-state index contributed by atoms with van der Waals surface area (Å²) >= 11 is 0. The number of carbonyl (C=O) groups is 3. The Balaban J connectivity index is 1.78. The summed E-state index contributed by atoms with van der Waals surface area (Å²) < 4.78 is 21.3. The van der Waals surface area contributed by atoms with E-state index in [9.17, 15) is 23.6 Å². The third kappa shape index (κ3) is 8.16.